The molecule has 2 aromatic rings. The van der Waals surface area contributed by atoms with E-state index in [2.05, 4.69) is 5.16 Å². The summed E-state index contributed by atoms with van der Waals surface area (Å²) in [5.74, 6) is -1.66. The van der Waals surface area contributed by atoms with Gasteiger partial charge in [-0.2, -0.15) is 0 Å². The van der Waals surface area contributed by atoms with E-state index < -0.39 is 11.8 Å². The normalized spacial score (nSPS) is 10.6. The minimum absolute atomic E-state index is 0.0777. The summed E-state index contributed by atoms with van der Waals surface area (Å²) in [5.41, 5.74) is 0.581. The molecule has 0 aliphatic carbocycles. The topological polar surface area (TPSA) is 72.6 Å². The van der Waals surface area contributed by atoms with Crippen molar-refractivity contribution in [1.29, 1.82) is 0 Å². The van der Waals surface area contributed by atoms with E-state index in [1.165, 1.54) is 25.3 Å². The Bertz CT molecular complexity index is 579. The lowest BCUT2D eigenvalue weighted by Gasteiger charge is -2.02. The molecule has 18 heavy (non-hydrogen) atoms. The first-order valence-corrected chi connectivity index (χ1v) is 5.09. The molecule has 1 aromatic carbocycles. The number of aromatic nitrogens is 1. The Hall–Kier alpha value is -2.21. The van der Waals surface area contributed by atoms with E-state index in [1.807, 2.05) is 0 Å². The summed E-state index contributed by atoms with van der Waals surface area (Å²) in [6, 6.07) is 5.65. The van der Waals surface area contributed by atoms with Crippen LogP contribution in [-0.2, 0) is 11.3 Å². The van der Waals surface area contributed by atoms with Crippen molar-refractivity contribution in [2.45, 2.75) is 6.61 Å². The first-order chi connectivity index (χ1) is 8.61. The van der Waals surface area contributed by atoms with Gasteiger partial charge in [0.1, 0.15) is 5.82 Å². The number of carboxylic acid groups (broad SMARTS) is 1. The van der Waals surface area contributed by atoms with Gasteiger partial charge in [-0.3, -0.25) is 0 Å². The van der Waals surface area contributed by atoms with Gasteiger partial charge >= 0.3 is 5.97 Å². The van der Waals surface area contributed by atoms with Gasteiger partial charge in [0.05, 0.1) is 12.2 Å². The van der Waals surface area contributed by atoms with Crippen LogP contribution in [0.4, 0.5) is 4.39 Å². The smallest absolute Gasteiger partial charge is 0.358 e. The predicted octanol–water partition coefficient (Wildman–Crippen LogP) is 2.33. The van der Waals surface area contributed by atoms with Crippen molar-refractivity contribution in [1.82, 2.24) is 5.16 Å². The van der Waals surface area contributed by atoms with Crippen molar-refractivity contribution in [2.75, 3.05) is 7.11 Å². The van der Waals surface area contributed by atoms with E-state index in [-0.39, 0.29) is 17.0 Å². The van der Waals surface area contributed by atoms with E-state index in [0.29, 0.717) is 12.2 Å². The second kappa shape index (κ2) is 4.97. The highest BCUT2D eigenvalue weighted by Gasteiger charge is 2.15. The van der Waals surface area contributed by atoms with Crippen molar-refractivity contribution < 1.29 is 23.6 Å². The molecule has 0 saturated carbocycles. The molecule has 6 heteroatoms. The number of ether oxygens (including phenoxy) is 1. The number of benzene rings is 1. The highest BCUT2D eigenvalue weighted by Crippen LogP contribution is 2.24. The Morgan fingerprint density at radius 1 is 1.50 bits per heavy atom. The van der Waals surface area contributed by atoms with E-state index in [1.54, 1.807) is 6.07 Å². The van der Waals surface area contributed by atoms with E-state index >= 15 is 0 Å². The van der Waals surface area contributed by atoms with E-state index in [0.717, 1.165) is 0 Å². The molecule has 0 aliphatic heterocycles. The lowest BCUT2D eigenvalue weighted by molar-refractivity contribution is 0.0686. The fourth-order valence-corrected chi connectivity index (χ4v) is 1.52. The highest BCUT2D eigenvalue weighted by molar-refractivity contribution is 5.86. The largest absolute Gasteiger partial charge is 0.476 e. The fraction of sp³-hybridized carbons (Fsp3) is 0.167. The average molecular weight is 251 g/mol. The van der Waals surface area contributed by atoms with E-state index in [9.17, 15) is 9.18 Å². The molecule has 1 aromatic heterocycles. The zero-order valence-electron chi connectivity index (χ0n) is 9.51. The average Bonchev–Trinajstić information content (AvgIpc) is 2.79. The van der Waals surface area contributed by atoms with Gasteiger partial charge in [0.2, 0.25) is 0 Å². The van der Waals surface area contributed by atoms with Crippen LogP contribution in [0.15, 0.2) is 28.8 Å². The molecule has 0 radical (unpaired) electrons. The Kier molecular flexibility index (Phi) is 3.38. The van der Waals surface area contributed by atoms with Gasteiger partial charge in [-0.25, -0.2) is 9.18 Å². The maximum absolute atomic E-state index is 13.8. The predicted molar refractivity (Wildman–Crippen MR) is 59.6 cm³/mol. The number of rotatable bonds is 4. The lowest BCUT2D eigenvalue weighted by atomic mass is 10.1. The molecule has 94 valence electrons. The fourth-order valence-electron chi connectivity index (χ4n) is 1.52. The zero-order valence-corrected chi connectivity index (χ0v) is 9.51. The van der Waals surface area contributed by atoms with Gasteiger partial charge in [-0.15, -0.1) is 0 Å². The van der Waals surface area contributed by atoms with Crippen LogP contribution in [-0.4, -0.2) is 23.3 Å². The summed E-state index contributed by atoms with van der Waals surface area (Å²) >= 11 is 0. The quantitative estimate of drug-likeness (QED) is 0.902. The highest BCUT2D eigenvalue weighted by atomic mass is 19.1. The number of aromatic carboxylic acids is 1. The van der Waals surface area contributed by atoms with Crippen LogP contribution in [0.3, 0.4) is 0 Å². The molecule has 2 rings (SSSR count). The molecule has 0 spiro atoms. The standard InChI is InChI=1S/C12H10FNO4/c1-17-6-7-2-3-8(9(13)4-7)11-5-10(12(15)16)14-18-11/h2-5H,6H2,1H3,(H,15,16). The molecular weight excluding hydrogens is 241 g/mol. The monoisotopic (exact) mass is 251 g/mol. The first kappa shape index (κ1) is 12.3. The number of nitrogens with zero attached hydrogens (tertiary/aromatic N) is 1. The Morgan fingerprint density at radius 3 is 2.83 bits per heavy atom. The van der Waals surface area contributed by atoms with Crippen LogP contribution < -0.4 is 0 Å². The van der Waals surface area contributed by atoms with Gasteiger partial charge in [-0.05, 0) is 17.7 Å². The third-order valence-electron chi connectivity index (χ3n) is 2.34. The van der Waals surface area contributed by atoms with Crippen molar-refractivity contribution in [2.24, 2.45) is 0 Å². The molecule has 1 heterocycles. The Balaban J connectivity index is 2.35. The summed E-state index contributed by atoms with van der Waals surface area (Å²) < 4.78 is 23.5. The molecule has 0 unspecified atom stereocenters. The van der Waals surface area contributed by atoms with Gasteiger partial charge < -0.3 is 14.4 Å². The molecule has 0 bridgehead atoms. The minimum atomic E-state index is -1.22. The number of carbonyl (C=O) groups is 1. The van der Waals surface area contributed by atoms with Crippen LogP contribution in [0.1, 0.15) is 16.1 Å². The zero-order chi connectivity index (χ0) is 13.1. The van der Waals surface area contributed by atoms with Crippen LogP contribution in [0.5, 0.6) is 0 Å². The van der Waals surface area contributed by atoms with Crippen molar-refractivity contribution in [3.8, 4) is 11.3 Å². The first-order valence-electron chi connectivity index (χ1n) is 5.09. The summed E-state index contributed by atoms with van der Waals surface area (Å²) in [5, 5.41) is 12.0. The maximum atomic E-state index is 13.8. The van der Waals surface area contributed by atoms with Crippen LogP contribution in [0.25, 0.3) is 11.3 Å². The molecular formula is C12H10FNO4. The summed E-state index contributed by atoms with van der Waals surface area (Å²) in [4.78, 5) is 10.6. The number of hydrogen-bond donors (Lipinski definition) is 1. The Morgan fingerprint density at radius 2 is 2.28 bits per heavy atom. The summed E-state index contributed by atoms with van der Waals surface area (Å²) in [7, 11) is 1.52. The van der Waals surface area contributed by atoms with Crippen LogP contribution >= 0.6 is 0 Å². The van der Waals surface area contributed by atoms with Crippen molar-refractivity contribution in [3.63, 3.8) is 0 Å². The van der Waals surface area contributed by atoms with Crippen LogP contribution in [0, 0.1) is 5.82 Å². The van der Waals surface area contributed by atoms with E-state index in [4.69, 9.17) is 14.4 Å². The molecule has 0 saturated heterocycles. The lowest BCUT2D eigenvalue weighted by Crippen LogP contribution is -1.94. The van der Waals surface area contributed by atoms with Gasteiger partial charge in [0, 0.05) is 13.2 Å². The molecule has 0 amide bonds. The van der Waals surface area contributed by atoms with Gasteiger partial charge in [0.15, 0.2) is 11.5 Å². The SMILES string of the molecule is COCc1ccc(-c2cc(C(=O)O)no2)c(F)c1. The molecule has 0 fully saturated rings. The maximum Gasteiger partial charge on any atom is 0.358 e. The number of carboxylic acids is 1. The second-order valence-electron chi connectivity index (χ2n) is 3.63. The Labute approximate surface area is 102 Å². The second-order valence-corrected chi connectivity index (χ2v) is 3.63. The molecule has 5 nitrogen and oxygen atoms in total. The number of hydrogen-bond acceptors (Lipinski definition) is 4. The molecule has 1 N–H and O–H groups in total. The molecule has 0 atom stereocenters. The van der Waals surface area contributed by atoms with Crippen LogP contribution in [0.2, 0.25) is 0 Å². The third kappa shape index (κ3) is 2.38. The van der Waals surface area contributed by atoms with Gasteiger partial charge in [0.25, 0.3) is 0 Å². The third-order valence-corrected chi connectivity index (χ3v) is 2.34. The molecule has 0 aliphatic rings. The summed E-state index contributed by atoms with van der Waals surface area (Å²) in [6.45, 7) is 0.300. The minimum Gasteiger partial charge on any atom is -0.476 e. The number of methoxy groups -OCH3 is 1. The van der Waals surface area contributed by atoms with Crippen molar-refractivity contribution in [3.05, 3.63) is 41.3 Å². The number of halogens is 1. The summed E-state index contributed by atoms with van der Waals surface area (Å²) in [6.07, 6.45) is 0. The van der Waals surface area contributed by atoms with Gasteiger partial charge in [-0.1, -0.05) is 11.2 Å². The van der Waals surface area contributed by atoms with Crippen molar-refractivity contribution >= 4 is 5.97 Å².